The SMILES string of the molecule is O=C(O)CC[C@H](NC(=O)CCCCCCCCCCC(=O)N[C@@H](CCC(=O)O)C(=O)O)C(=O)O. The van der Waals surface area contributed by atoms with Gasteiger partial charge in [-0.2, -0.15) is 0 Å². The number of carboxylic acids is 4. The number of carbonyl (C=O) groups excluding carboxylic acids is 2. The fourth-order valence-electron chi connectivity index (χ4n) is 3.22. The zero-order valence-electron chi connectivity index (χ0n) is 19.3. The molecule has 0 aromatic carbocycles. The Bertz CT molecular complexity index is 637. The Balaban J connectivity index is 3.79. The van der Waals surface area contributed by atoms with Crippen molar-refractivity contribution in [1.82, 2.24) is 10.6 Å². The molecule has 0 aromatic heterocycles. The summed E-state index contributed by atoms with van der Waals surface area (Å²) >= 11 is 0. The number of carboxylic acid groups (broad SMARTS) is 4. The van der Waals surface area contributed by atoms with Crippen LogP contribution in [0.4, 0.5) is 0 Å². The summed E-state index contributed by atoms with van der Waals surface area (Å²) in [5.74, 6) is -5.58. The van der Waals surface area contributed by atoms with Crippen LogP contribution in [0.1, 0.15) is 89.9 Å². The van der Waals surface area contributed by atoms with Gasteiger partial charge in [-0.15, -0.1) is 0 Å². The molecule has 2 atom stereocenters. The number of hydrogen-bond acceptors (Lipinski definition) is 6. The zero-order chi connectivity index (χ0) is 25.9. The van der Waals surface area contributed by atoms with Crippen molar-refractivity contribution in [3.05, 3.63) is 0 Å². The van der Waals surface area contributed by atoms with Crippen LogP contribution in [-0.4, -0.2) is 68.2 Å². The van der Waals surface area contributed by atoms with Gasteiger partial charge in [0.2, 0.25) is 11.8 Å². The first-order valence-corrected chi connectivity index (χ1v) is 11.5. The van der Waals surface area contributed by atoms with Crippen LogP contribution in [0.2, 0.25) is 0 Å². The molecule has 12 heteroatoms. The summed E-state index contributed by atoms with van der Waals surface area (Å²) < 4.78 is 0. The standard InChI is InChI=1S/C22H36N2O10/c25-17(23-15(21(31)32)11-13-19(27)28)9-7-5-3-1-2-4-6-8-10-18(26)24-16(22(33)34)12-14-20(29)30/h15-16H,1-14H2,(H,23,25)(H,24,26)(H,27,28)(H,29,30)(H,31,32)(H,33,34)/t15-,16-/m0/s1. The molecule has 0 aliphatic rings. The molecule has 0 aliphatic heterocycles. The first-order valence-electron chi connectivity index (χ1n) is 11.5. The number of unbranched alkanes of at least 4 members (excludes halogenated alkanes) is 7. The van der Waals surface area contributed by atoms with E-state index in [2.05, 4.69) is 10.6 Å². The second-order valence-corrected chi connectivity index (χ2v) is 8.11. The van der Waals surface area contributed by atoms with Crippen molar-refractivity contribution >= 4 is 35.7 Å². The Morgan fingerprint density at radius 2 is 0.765 bits per heavy atom. The van der Waals surface area contributed by atoms with Gasteiger partial charge in [0.25, 0.3) is 0 Å². The molecule has 0 saturated carbocycles. The molecule has 0 radical (unpaired) electrons. The molecule has 0 aliphatic carbocycles. The van der Waals surface area contributed by atoms with Crippen molar-refractivity contribution in [2.75, 3.05) is 0 Å². The van der Waals surface area contributed by atoms with Crippen LogP contribution in [0.15, 0.2) is 0 Å². The van der Waals surface area contributed by atoms with E-state index in [1.807, 2.05) is 0 Å². The van der Waals surface area contributed by atoms with Crippen molar-refractivity contribution in [1.29, 1.82) is 0 Å². The van der Waals surface area contributed by atoms with Gasteiger partial charge in [-0.25, -0.2) is 9.59 Å². The summed E-state index contributed by atoms with van der Waals surface area (Å²) in [6, 6.07) is -2.41. The Morgan fingerprint density at radius 1 is 0.471 bits per heavy atom. The highest BCUT2D eigenvalue weighted by Gasteiger charge is 2.21. The number of rotatable bonds is 21. The third-order valence-corrected chi connectivity index (χ3v) is 5.12. The lowest BCUT2D eigenvalue weighted by molar-refractivity contribution is -0.144. The highest BCUT2D eigenvalue weighted by atomic mass is 16.4. The predicted molar refractivity (Wildman–Crippen MR) is 119 cm³/mol. The number of hydrogen-bond donors (Lipinski definition) is 6. The van der Waals surface area contributed by atoms with Crippen molar-refractivity contribution in [3.63, 3.8) is 0 Å². The molecule has 0 spiro atoms. The normalized spacial score (nSPS) is 12.4. The maximum Gasteiger partial charge on any atom is 0.326 e. The molecule has 0 fully saturated rings. The van der Waals surface area contributed by atoms with Crippen molar-refractivity contribution < 1.29 is 49.2 Å². The molecule has 34 heavy (non-hydrogen) atoms. The maximum atomic E-state index is 11.8. The Kier molecular flexibility index (Phi) is 16.6. The molecule has 0 aromatic rings. The van der Waals surface area contributed by atoms with Gasteiger partial charge in [-0.05, 0) is 25.7 Å². The van der Waals surface area contributed by atoms with Crippen molar-refractivity contribution in [2.24, 2.45) is 0 Å². The summed E-state index contributed by atoms with van der Waals surface area (Å²) in [7, 11) is 0. The summed E-state index contributed by atoms with van der Waals surface area (Å²) in [5.41, 5.74) is 0. The first-order chi connectivity index (χ1) is 16.0. The molecule has 0 saturated heterocycles. The lowest BCUT2D eigenvalue weighted by Crippen LogP contribution is -2.41. The van der Waals surface area contributed by atoms with Gasteiger partial charge in [0.05, 0.1) is 0 Å². The van der Waals surface area contributed by atoms with Gasteiger partial charge in [-0.3, -0.25) is 19.2 Å². The van der Waals surface area contributed by atoms with E-state index < -0.39 is 47.8 Å². The fraction of sp³-hybridized carbons (Fsp3) is 0.727. The van der Waals surface area contributed by atoms with Gasteiger partial charge in [-0.1, -0.05) is 38.5 Å². The van der Waals surface area contributed by atoms with E-state index in [1.54, 1.807) is 0 Å². The summed E-state index contributed by atoms with van der Waals surface area (Å²) in [4.78, 5) is 66.8. The van der Waals surface area contributed by atoms with Crippen LogP contribution >= 0.6 is 0 Å². The maximum absolute atomic E-state index is 11.8. The molecule has 2 amide bonds. The third-order valence-electron chi connectivity index (χ3n) is 5.12. The van der Waals surface area contributed by atoms with E-state index >= 15 is 0 Å². The van der Waals surface area contributed by atoms with Crippen LogP contribution < -0.4 is 10.6 Å². The number of carbonyl (C=O) groups is 6. The molecule has 0 heterocycles. The van der Waals surface area contributed by atoms with Crippen molar-refractivity contribution in [3.8, 4) is 0 Å². The predicted octanol–water partition coefficient (Wildman–Crippen LogP) is 1.76. The van der Waals surface area contributed by atoms with Gasteiger partial charge < -0.3 is 31.1 Å². The number of nitrogens with one attached hydrogen (secondary N) is 2. The monoisotopic (exact) mass is 488 g/mol. The number of aliphatic carboxylic acids is 4. The second kappa shape index (κ2) is 18.3. The molecule has 0 rings (SSSR count). The van der Waals surface area contributed by atoms with Gasteiger partial charge in [0.1, 0.15) is 12.1 Å². The minimum atomic E-state index is -1.26. The largest absolute Gasteiger partial charge is 0.481 e. The minimum absolute atomic E-state index is 0.164. The fourth-order valence-corrected chi connectivity index (χ4v) is 3.22. The molecular formula is C22H36N2O10. The Morgan fingerprint density at radius 3 is 1.03 bits per heavy atom. The zero-order valence-corrected chi connectivity index (χ0v) is 19.3. The molecule has 0 unspecified atom stereocenters. The van der Waals surface area contributed by atoms with E-state index in [0.29, 0.717) is 12.8 Å². The Labute approximate surface area is 198 Å². The Hall–Kier alpha value is -3.18. The van der Waals surface area contributed by atoms with Crippen LogP contribution in [0.3, 0.4) is 0 Å². The smallest absolute Gasteiger partial charge is 0.326 e. The van der Waals surface area contributed by atoms with Gasteiger partial charge >= 0.3 is 23.9 Å². The quantitative estimate of drug-likeness (QED) is 0.129. The minimum Gasteiger partial charge on any atom is -0.481 e. The van der Waals surface area contributed by atoms with Crippen molar-refractivity contribution in [2.45, 2.75) is 102 Å². The molecule has 6 N–H and O–H groups in total. The molecular weight excluding hydrogens is 452 g/mol. The highest BCUT2D eigenvalue weighted by Crippen LogP contribution is 2.11. The van der Waals surface area contributed by atoms with E-state index in [1.165, 1.54) is 0 Å². The summed E-state index contributed by atoms with van der Waals surface area (Å²) in [5, 5.41) is 40.0. The van der Waals surface area contributed by atoms with Crippen LogP contribution in [0.25, 0.3) is 0 Å². The van der Waals surface area contributed by atoms with E-state index in [4.69, 9.17) is 20.4 Å². The van der Waals surface area contributed by atoms with Crippen LogP contribution in [0.5, 0.6) is 0 Å². The van der Waals surface area contributed by atoms with E-state index in [-0.39, 0.29) is 38.5 Å². The lowest BCUT2D eigenvalue weighted by atomic mass is 10.1. The number of amides is 2. The first kappa shape index (κ1) is 30.8. The third kappa shape index (κ3) is 17.4. The van der Waals surface area contributed by atoms with Crippen LogP contribution in [0, 0.1) is 0 Å². The van der Waals surface area contributed by atoms with E-state index in [0.717, 1.165) is 38.5 Å². The van der Waals surface area contributed by atoms with Crippen LogP contribution in [-0.2, 0) is 28.8 Å². The summed E-state index contributed by atoms with van der Waals surface area (Å²) in [6.07, 6.45) is 5.85. The second-order valence-electron chi connectivity index (χ2n) is 8.11. The summed E-state index contributed by atoms with van der Waals surface area (Å²) in [6.45, 7) is 0. The molecule has 194 valence electrons. The molecule has 0 bridgehead atoms. The average Bonchev–Trinajstić information content (AvgIpc) is 2.74. The lowest BCUT2D eigenvalue weighted by Gasteiger charge is -2.13. The van der Waals surface area contributed by atoms with Gasteiger partial charge in [0.15, 0.2) is 0 Å². The van der Waals surface area contributed by atoms with Gasteiger partial charge in [0, 0.05) is 25.7 Å². The van der Waals surface area contributed by atoms with E-state index in [9.17, 15) is 28.8 Å². The average molecular weight is 489 g/mol. The molecule has 12 nitrogen and oxygen atoms in total. The topological polar surface area (TPSA) is 207 Å². The highest BCUT2D eigenvalue weighted by molar-refractivity contribution is 5.84.